The number of likely N-dealkylation sites (tertiary alicyclic amines) is 1. The van der Waals surface area contributed by atoms with E-state index in [1.165, 1.54) is 37.0 Å². The van der Waals surface area contributed by atoms with Crippen molar-refractivity contribution in [2.24, 2.45) is 40.2 Å². The van der Waals surface area contributed by atoms with Crippen molar-refractivity contribution in [2.45, 2.75) is 77.3 Å². The number of carbonyl (C=O) groups excluding carboxylic acids is 2. The lowest BCUT2D eigenvalue weighted by atomic mass is 9.46. The number of thiophene rings is 1. The van der Waals surface area contributed by atoms with Gasteiger partial charge in [0, 0.05) is 19.5 Å². The first-order chi connectivity index (χ1) is 14.3. The summed E-state index contributed by atoms with van der Waals surface area (Å²) in [4.78, 5) is 28.3. The molecule has 1 aromatic heterocycles. The molecule has 0 spiro atoms. The zero-order valence-corrected chi connectivity index (χ0v) is 19.4. The van der Waals surface area contributed by atoms with Crippen LogP contribution in [0.3, 0.4) is 0 Å². The average Bonchev–Trinajstić information content (AvgIpc) is 3.37. The summed E-state index contributed by atoms with van der Waals surface area (Å²) in [5, 5.41) is 1.97. The van der Waals surface area contributed by atoms with Crippen LogP contribution < -0.4 is 5.73 Å². The van der Waals surface area contributed by atoms with Crippen LogP contribution in [0, 0.1) is 34.5 Å². The van der Waals surface area contributed by atoms with Crippen molar-refractivity contribution < 1.29 is 9.59 Å². The van der Waals surface area contributed by atoms with Crippen LogP contribution in [0.15, 0.2) is 17.5 Å². The van der Waals surface area contributed by atoms with E-state index in [1.807, 2.05) is 24.6 Å². The summed E-state index contributed by atoms with van der Waals surface area (Å²) in [6.45, 7) is 4.91. The van der Waals surface area contributed by atoms with Crippen LogP contribution in [-0.2, 0) is 4.79 Å². The molecular weight excluding hydrogens is 392 g/mol. The molecule has 2 heterocycles. The number of nitrogens with two attached hydrogens (primary N) is 1. The molecule has 4 fully saturated rings. The molecule has 4 nitrogen and oxygen atoms in total. The second kappa shape index (κ2) is 7.16. The van der Waals surface area contributed by atoms with E-state index >= 15 is 0 Å². The zero-order valence-electron chi connectivity index (χ0n) is 18.6. The van der Waals surface area contributed by atoms with E-state index in [4.69, 9.17) is 5.73 Å². The van der Waals surface area contributed by atoms with Gasteiger partial charge in [-0.3, -0.25) is 9.59 Å². The van der Waals surface area contributed by atoms with Crippen molar-refractivity contribution in [3.63, 3.8) is 0 Å². The zero-order chi connectivity index (χ0) is 21.3. The SMILES string of the molecule is CN1C(=O)CC[C@]2(C)[C@H]3CC[C@]4(C)[C@@H](C(N)C(=O)c5cccs5)CC[C@H]4[C@@H]3CC[C@@H]12. The molecule has 0 radical (unpaired) electrons. The van der Waals surface area contributed by atoms with Crippen molar-refractivity contribution in [2.75, 3.05) is 7.05 Å². The predicted molar refractivity (Wildman–Crippen MR) is 120 cm³/mol. The van der Waals surface area contributed by atoms with E-state index in [0.29, 0.717) is 36.1 Å². The number of fused-ring (bicyclic) bond motifs is 5. The summed E-state index contributed by atoms with van der Waals surface area (Å²) < 4.78 is 0. The second-order valence-electron chi connectivity index (χ2n) is 11.1. The molecule has 5 heteroatoms. The summed E-state index contributed by atoms with van der Waals surface area (Å²) in [7, 11) is 2.03. The number of ketones is 1. The Hall–Kier alpha value is -1.20. The smallest absolute Gasteiger partial charge is 0.222 e. The molecule has 30 heavy (non-hydrogen) atoms. The molecule has 1 amide bonds. The van der Waals surface area contributed by atoms with E-state index in [9.17, 15) is 9.59 Å². The minimum Gasteiger partial charge on any atom is -0.342 e. The number of carbonyl (C=O) groups is 2. The number of nitrogens with zero attached hydrogens (tertiary/aromatic N) is 1. The van der Waals surface area contributed by atoms with Gasteiger partial charge in [-0.05, 0) is 90.9 Å². The monoisotopic (exact) mass is 428 g/mol. The normalized spacial score (nSPS) is 44.2. The maximum absolute atomic E-state index is 13.0. The Morgan fingerprint density at radius 3 is 2.63 bits per heavy atom. The highest BCUT2D eigenvalue weighted by Gasteiger charge is 2.62. The first kappa shape index (κ1) is 20.7. The lowest BCUT2D eigenvalue weighted by Crippen LogP contribution is -2.61. The predicted octanol–water partition coefficient (Wildman–Crippen LogP) is 4.74. The molecule has 0 aromatic carbocycles. The standard InChI is InChI=1S/C25H36N2O2S/c1-24-12-10-17-15(6-9-20-25(17,2)13-11-21(28)27(20)3)16(24)7-8-18(24)22(26)23(29)19-5-4-14-30-19/h4-5,14-18,20,22H,6-13,26H2,1-3H3/t15-,16-,17-,18+,20+,22?,24-,25+/m0/s1. The second-order valence-corrected chi connectivity index (χ2v) is 12.0. The fraction of sp³-hybridized carbons (Fsp3) is 0.760. The van der Waals surface area contributed by atoms with Gasteiger partial charge < -0.3 is 10.6 Å². The van der Waals surface area contributed by atoms with Crippen LogP contribution in [0.4, 0.5) is 0 Å². The van der Waals surface area contributed by atoms with Gasteiger partial charge in [-0.2, -0.15) is 0 Å². The Labute approximate surface area is 184 Å². The fourth-order valence-electron chi connectivity index (χ4n) is 8.55. The van der Waals surface area contributed by atoms with E-state index in [1.54, 1.807) is 0 Å². The lowest BCUT2D eigenvalue weighted by molar-refractivity contribution is -0.158. The fourth-order valence-corrected chi connectivity index (χ4v) is 9.26. The highest BCUT2D eigenvalue weighted by Crippen LogP contribution is 2.66. The summed E-state index contributed by atoms with van der Waals surface area (Å²) >= 11 is 1.52. The van der Waals surface area contributed by atoms with Gasteiger partial charge in [-0.15, -0.1) is 11.3 Å². The van der Waals surface area contributed by atoms with Gasteiger partial charge >= 0.3 is 0 Å². The third kappa shape index (κ3) is 2.80. The van der Waals surface area contributed by atoms with Crippen LogP contribution in [0.1, 0.15) is 74.9 Å². The number of amides is 1. The molecule has 1 aromatic rings. The third-order valence-corrected chi connectivity index (χ3v) is 11.0. The largest absolute Gasteiger partial charge is 0.342 e. The average molecular weight is 429 g/mol. The molecule has 3 aliphatic carbocycles. The topological polar surface area (TPSA) is 63.4 Å². The van der Waals surface area contributed by atoms with Crippen LogP contribution in [0.25, 0.3) is 0 Å². The van der Waals surface area contributed by atoms with Gasteiger partial charge in [0.25, 0.3) is 0 Å². The number of hydrogen-bond donors (Lipinski definition) is 1. The Morgan fingerprint density at radius 2 is 1.90 bits per heavy atom. The van der Waals surface area contributed by atoms with Crippen molar-refractivity contribution in [1.82, 2.24) is 4.90 Å². The van der Waals surface area contributed by atoms with Crippen molar-refractivity contribution in [3.8, 4) is 0 Å². The van der Waals surface area contributed by atoms with Gasteiger partial charge in [0.1, 0.15) is 0 Å². The number of Topliss-reactive ketones (excluding diaryl/α,β-unsaturated/α-hetero) is 1. The summed E-state index contributed by atoms with van der Waals surface area (Å²) in [6, 6.07) is 3.89. The van der Waals surface area contributed by atoms with Crippen LogP contribution >= 0.6 is 11.3 Å². The van der Waals surface area contributed by atoms with Crippen LogP contribution in [0.5, 0.6) is 0 Å². The Kier molecular flexibility index (Phi) is 4.94. The van der Waals surface area contributed by atoms with Gasteiger partial charge in [-0.25, -0.2) is 0 Å². The highest BCUT2D eigenvalue weighted by atomic mass is 32.1. The Balaban J connectivity index is 1.39. The molecule has 8 atom stereocenters. The first-order valence-electron chi connectivity index (χ1n) is 11.9. The molecule has 5 rings (SSSR count). The number of rotatable bonds is 3. The highest BCUT2D eigenvalue weighted by molar-refractivity contribution is 7.12. The van der Waals surface area contributed by atoms with Crippen LogP contribution in [0.2, 0.25) is 0 Å². The molecule has 0 bridgehead atoms. The molecule has 3 saturated carbocycles. The lowest BCUT2D eigenvalue weighted by Gasteiger charge is -2.62. The van der Waals surface area contributed by atoms with E-state index < -0.39 is 0 Å². The maximum Gasteiger partial charge on any atom is 0.222 e. The molecule has 1 unspecified atom stereocenters. The minimum absolute atomic E-state index is 0.141. The molecule has 1 saturated heterocycles. The van der Waals surface area contributed by atoms with Gasteiger partial charge in [-0.1, -0.05) is 19.9 Å². The van der Waals surface area contributed by atoms with E-state index in [0.717, 1.165) is 30.1 Å². The quantitative estimate of drug-likeness (QED) is 0.708. The van der Waals surface area contributed by atoms with Crippen molar-refractivity contribution in [3.05, 3.63) is 22.4 Å². The molecule has 2 N–H and O–H groups in total. The Morgan fingerprint density at radius 1 is 1.13 bits per heavy atom. The summed E-state index contributed by atoms with van der Waals surface area (Å²) in [5.74, 6) is 2.86. The van der Waals surface area contributed by atoms with Crippen molar-refractivity contribution >= 4 is 23.0 Å². The van der Waals surface area contributed by atoms with Gasteiger partial charge in [0.2, 0.25) is 5.91 Å². The maximum atomic E-state index is 13.0. The molecule has 4 aliphatic rings. The van der Waals surface area contributed by atoms with Crippen LogP contribution in [-0.4, -0.2) is 35.7 Å². The van der Waals surface area contributed by atoms with E-state index in [-0.39, 0.29) is 22.7 Å². The minimum atomic E-state index is -0.374. The summed E-state index contributed by atoms with van der Waals surface area (Å²) in [6.07, 6.45) is 8.81. The van der Waals surface area contributed by atoms with Crippen molar-refractivity contribution in [1.29, 1.82) is 0 Å². The third-order valence-electron chi connectivity index (χ3n) is 10.1. The number of piperidine rings is 1. The van der Waals surface area contributed by atoms with Gasteiger partial charge in [0.05, 0.1) is 10.9 Å². The number of hydrogen-bond acceptors (Lipinski definition) is 4. The first-order valence-corrected chi connectivity index (χ1v) is 12.7. The van der Waals surface area contributed by atoms with Gasteiger partial charge in [0.15, 0.2) is 5.78 Å². The molecule has 164 valence electrons. The Bertz CT molecular complexity index is 838. The summed E-state index contributed by atoms with van der Waals surface area (Å²) in [5.41, 5.74) is 7.08. The molecule has 1 aliphatic heterocycles. The van der Waals surface area contributed by atoms with E-state index in [2.05, 4.69) is 18.7 Å². The molecular formula is C25H36N2O2S.